The van der Waals surface area contributed by atoms with Crippen molar-refractivity contribution in [1.29, 1.82) is 0 Å². The van der Waals surface area contributed by atoms with Crippen molar-refractivity contribution in [2.75, 3.05) is 7.11 Å². The first-order chi connectivity index (χ1) is 9.68. The molecule has 0 aromatic rings. The minimum Gasteiger partial charge on any atom is -0.380 e. The summed E-state index contributed by atoms with van der Waals surface area (Å²) in [6.45, 7) is 2.48. The fourth-order valence-electron chi connectivity index (χ4n) is 6.60. The quantitative estimate of drug-likeness (QED) is 0.845. The fraction of sp³-hybridized carbons (Fsp3) is 1.00. The van der Waals surface area contributed by atoms with Crippen LogP contribution in [-0.4, -0.2) is 25.3 Å². The molecule has 0 aromatic heterocycles. The second-order valence-corrected chi connectivity index (χ2v) is 8.48. The predicted molar refractivity (Wildman–Crippen MR) is 81.6 cm³/mol. The van der Waals surface area contributed by atoms with E-state index < -0.39 is 0 Å². The zero-order valence-electron chi connectivity index (χ0n) is 13.2. The summed E-state index contributed by atoms with van der Waals surface area (Å²) in [5.41, 5.74) is 0.635. The molecule has 0 spiro atoms. The molecular weight excluding hydrogens is 246 g/mol. The first-order valence-electron chi connectivity index (χ1n) is 8.97. The highest BCUT2D eigenvalue weighted by atomic mass is 16.5. The van der Waals surface area contributed by atoms with Crippen molar-refractivity contribution in [1.82, 2.24) is 5.32 Å². The van der Waals surface area contributed by atoms with Crippen molar-refractivity contribution >= 4 is 0 Å². The normalized spacial score (nSPS) is 51.6. The van der Waals surface area contributed by atoms with E-state index in [0.29, 0.717) is 23.6 Å². The molecule has 5 saturated carbocycles. The van der Waals surface area contributed by atoms with Gasteiger partial charge in [-0.05, 0) is 87.9 Å². The first-order valence-corrected chi connectivity index (χ1v) is 8.97. The van der Waals surface area contributed by atoms with Gasteiger partial charge >= 0.3 is 0 Å². The molecule has 5 aliphatic rings. The Morgan fingerprint density at radius 2 is 1.60 bits per heavy atom. The molecule has 0 saturated heterocycles. The molecule has 114 valence electrons. The topological polar surface area (TPSA) is 21.3 Å². The molecule has 5 rings (SSSR count). The lowest BCUT2D eigenvalue weighted by Crippen LogP contribution is -2.57. The molecule has 2 heteroatoms. The van der Waals surface area contributed by atoms with E-state index >= 15 is 0 Å². The highest BCUT2D eigenvalue weighted by Crippen LogP contribution is 2.61. The van der Waals surface area contributed by atoms with Crippen LogP contribution in [0.25, 0.3) is 0 Å². The maximum atomic E-state index is 5.68. The number of rotatable bonds is 4. The number of ether oxygens (including phenoxy) is 1. The van der Waals surface area contributed by atoms with Crippen molar-refractivity contribution in [2.24, 2.45) is 23.2 Å². The molecule has 4 bridgehead atoms. The minimum absolute atomic E-state index is 0.464. The average Bonchev–Trinajstić information content (AvgIpc) is 2.84. The van der Waals surface area contributed by atoms with Crippen LogP contribution in [0.15, 0.2) is 0 Å². The van der Waals surface area contributed by atoms with Gasteiger partial charge in [0.25, 0.3) is 0 Å². The Kier molecular flexibility index (Phi) is 3.38. The van der Waals surface area contributed by atoms with Gasteiger partial charge in [-0.2, -0.15) is 0 Å². The Balaban J connectivity index is 1.46. The Morgan fingerprint density at radius 1 is 1.00 bits per heavy atom. The summed E-state index contributed by atoms with van der Waals surface area (Å²) in [5.74, 6) is 3.19. The number of hydrogen-bond donors (Lipinski definition) is 1. The van der Waals surface area contributed by atoms with E-state index in [1.165, 1.54) is 38.5 Å². The van der Waals surface area contributed by atoms with Crippen molar-refractivity contribution in [3.8, 4) is 0 Å². The van der Waals surface area contributed by atoms with Crippen molar-refractivity contribution in [3.05, 3.63) is 0 Å². The highest BCUT2D eigenvalue weighted by Gasteiger charge is 2.53. The van der Waals surface area contributed by atoms with Crippen LogP contribution in [0.2, 0.25) is 0 Å². The van der Waals surface area contributed by atoms with Gasteiger partial charge in [0, 0.05) is 19.2 Å². The molecular formula is C18H31NO. The Labute approximate surface area is 124 Å². The zero-order chi connectivity index (χ0) is 13.7. The van der Waals surface area contributed by atoms with Crippen LogP contribution < -0.4 is 5.32 Å². The highest BCUT2D eigenvalue weighted by molar-refractivity contribution is 5.06. The Morgan fingerprint density at radius 3 is 2.15 bits per heavy atom. The molecule has 0 aliphatic heterocycles. The summed E-state index contributed by atoms with van der Waals surface area (Å²) in [5, 5.41) is 4.01. The fourth-order valence-corrected chi connectivity index (χ4v) is 6.60. The smallest absolute Gasteiger partial charge is 0.0724 e. The lowest BCUT2D eigenvalue weighted by atomic mass is 9.48. The van der Waals surface area contributed by atoms with Crippen molar-refractivity contribution < 1.29 is 4.74 Å². The van der Waals surface area contributed by atoms with Crippen LogP contribution in [0, 0.1) is 23.2 Å². The summed E-state index contributed by atoms with van der Waals surface area (Å²) in [7, 11) is 1.89. The number of nitrogens with one attached hydrogen (secondary N) is 1. The van der Waals surface area contributed by atoms with Crippen LogP contribution in [0.4, 0.5) is 0 Å². The first kappa shape index (κ1) is 13.6. The van der Waals surface area contributed by atoms with E-state index in [0.717, 1.165) is 17.8 Å². The molecule has 0 heterocycles. The van der Waals surface area contributed by atoms with Gasteiger partial charge < -0.3 is 10.1 Å². The lowest BCUT2D eigenvalue weighted by Gasteiger charge is -2.59. The van der Waals surface area contributed by atoms with Gasteiger partial charge in [0.1, 0.15) is 0 Å². The van der Waals surface area contributed by atoms with Gasteiger partial charge in [0.05, 0.1) is 6.10 Å². The number of hydrogen-bond acceptors (Lipinski definition) is 2. The molecule has 5 aliphatic carbocycles. The number of methoxy groups -OCH3 is 1. The summed E-state index contributed by atoms with van der Waals surface area (Å²) >= 11 is 0. The third-order valence-electron chi connectivity index (χ3n) is 7.22. The van der Waals surface area contributed by atoms with Gasteiger partial charge in [0.15, 0.2) is 0 Å². The van der Waals surface area contributed by atoms with E-state index in [2.05, 4.69) is 12.2 Å². The standard InChI is InChI=1S/C18H31NO/c1-12(19-16-4-3-5-17(16)20-2)18-9-13-6-14(10-18)8-15(7-13)11-18/h12-17,19H,3-11H2,1-2H3. The third kappa shape index (κ3) is 2.14. The second kappa shape index (κ2) is 4.98. The summed E-state index contributed by atoms with van der Waals surface area (Å²) in [4.78, 5) is 0. The largest absolute Gasteiger partial charge is 0.380 e. The summed E-state index contributed by atoms with van der Waals surface area (Å²) < 4.78 is 5.68. The Hall–Kier alpha value is -0.0800. The van der Waals surface area contributed by atoms with E-state index in [4.69, 9.17) is 4.74 Å². The van der Waals surface area contributed by atoms with E-state index in [-0.39, 0.29) is 0 Å². The van der Waals surface area contributed by atoms with Crippen LogP contribution in [0.3, 0.4) is 0 Å². The lowest BCUT2D eigenvalue weighted by molar-refractivity contribution is -0.0746. The van der Waals surface area contributed by atoms with Gasteiger partial charge in [-0.1, -0.05) is 0 Å². The van der Waals surface area contributed by atoms with Gasteiger partial charge in [-0.15, -0.1) is 0 Å². The molecule has 5 fully saturated rings. The van der Waals surface area contributed by atoms with E-state index in [1.807, 2.05) is 7.11 Å². The van der Waals surface area contributed by atoms with Gasteiger partial charge in [-0.3, -0.25) is 0 Å². The zero-order valence-corrected chi connectivity index (χ0v) is 13.2. The van der Waals surface area contributed by atoms with Crippen LogP contribution in [-0.2, 0) is 4.74 Å². The predicted octanol–water partition coefficient (Wildman–Crippen LogP) is 3.75. The molecule has 2 nitrogen and oxygen atoms in total. The van der Waals surface area contributed by atoms with Gasteiger partial charge in [0.2, 0.25) is 0 Å². The average molecular weight is 277 g/mol. The third-order valence-corrected chi connectivity index (χ3v) is 7.22. The molecule has 3 unspecified atom stereocenters. The van der Waals surface area contributed by atoms with Crippen molar-refractivity contribution in [3.63, 3.8) is 0 Å². The Bertz CT molecular complexity index is 331. The molecule has 0 aromatic carbocycles. The minimum atomic E-state index is 0.464. The summed E-state index contributed by atoms with van der Waals surface area (Å²) in [6, 6.07) is 1.31. The van der Waals surface area contributed by atoms with E-state index in [9.17, 15) is 0 Å². The van der Waals surface area contributed by atoms with Crippen LogP contribution in [0.1, 0.15) is 64.7 Å². The molecule has 0 amide bonds. The SMILES string of the molecule is COC1CCCC1NC(C)C12CC3CC(CC(C3)C1)C2. The van der Waals surface area contributed by atoms with Crippen LogP contribution >= 0.6 is 0 Å². The van der Waals surface area contributed by atoms with Crippen LogP contribution in [0.5, 0.6) is 0 Å². The monoisotopic (exact) mass is 277 g/mol. The van der Waals surface area contributed by atoms with Gasteiger partial charge in [-0.25, -0.2) is 0 Å². The maximum absolute atomic E-state index is 5.68. The molecule has 20 heavy (non-hydrogen) atoms. The molecule has 0 radical (unpaired) electrons. The maximum Gasteiger partial charge on any atom is 0.0724 e. The molecule has 1 N–H and O–H groups in total. The molecule has 3 atom stereocenters. The second-order valence-electron chi connectivity index (χ2n) is 8.48. The van der Waals surface area contributed by atoms with E-state index in [1.54, 1.807) is 19.3 Å². The summed E-state index contributed by atoms with van der Waals surface area (Å²) in [6.07, 6.45) is 13.6. The van der Waals surface area contributed by atoms with Crippen molar-refractivity contribution in [2.45, 2.75) is 82.9 Å².